The topological polar surface area (TPSA) is 59.0 Å². The molecule has 2 N–H and O–H groups in total. The minimum absolute atomic E-state index is 0.0522. The highest BCUT2D eigenvalue weighted by molar-refractivity contribution is 5.88. The highest BCUT2D eigenvalue weighted by atomic mass is 16.1. The highest BCUT2D eigenvalue weighted by Gasteiger charge is 2.15. The average Bonchev–Trinajstić information content (AvgIpc) is 2.73. The molecule has 1 amide bonds. The Hall–Kier alpha value is -2.14. The van der Waals surface area contributed by atoms with E-state index < -0.39 is 0 Å². The molecular weight excluding hydrogens is 300 g/mol. The lowest BCUT2D eigenvalue weighted by Gasteiger charge is -2.21. The second kappa shape index (κ2) is 7.62. The van der Waals surface area contributed by atoms with Gasteiger partial charge in [-0.05, 0) is 57.4 Å². The van der Waals surface area contributed by atoms with Crippen LogP contribution in [0.2, 0.25) is 0 Å². The van der Waals surface area contributed by atoms with Crippen LogP contribution in [0.4, 0.5) is 5.69 Å². The molecule has 0 unspecified atom stereocenters. The van der Waals surface area contributed by atoms with Gasteiger partial charge in [0, 0.05) is 37.4 Å². The zero-order chi connectivity index (χ0) is 17.9. The van der Waals surface area contributed by atoms with Crippen molar-refractivity contribution in [3.8, 4) is 0 Å². The molecule has 0 saturated heterocycles. The molecule has 5 nitrogen and oxygen atoms in total. The van der Waals surface area contributed by atoms with Gasteiger partial charge in [0.15, 0.2) is 0 Å². The molecule has 0 saturated carbocycles. The molecule has 0 spiro atoms. The first-order chi connectivity index (χ1) is 11.3. The van der Waals surface area contributed by atoms with Crippen LogP contribution in [-0.4, -0.2) is 21.7 Å². The van der Waals surface area contributed by atoms with E-state index in [4.69, 9.17) is 0 Å². The number of amides is 1. The third-order valence-corrected chi connectivity index (χ3v) is 4.41. The molecule has 0 aliphatic heterocycles. The number of aryl methyl sites for hydroxylation is 2. The van der Waals surface area contributed by atoms with Crippen LogP contribution < -0.4 is 10.6 Å². The van der Waals surface area contributed by atoms with Crippen molar-refractivity contribution < 1.29 is 4.79 Å². The maximum absolute atomic E-state index is 11.2. The first-order valence-electron chi connectivity index (χ1n) is 8.40. The van der Waals surface area contributed by atoms with E-state index in [-0.39, 0.29) is 11.9 Å². The van der Waals surface area contributed by atoms with E-state index in [1.54, 1.807) is 0 Å². The number of nitrogens with zero attached hydrogens (tertiary/aromatic N) is 2. The Kier molecular flexibility index (Phi) is 5.78. The number of carbonyl (C=O) groups is 1. The van der Waals surface area contributed by atoms with Crippen molar-refractivity contribution in [2.45, 2.75) is 53.1 Å². The number of aromatic nitrogens is 2. The third-order valence-electron chi connectivity index (χ3n) is 4.41. The molecule has 1 heterocycles. The quantitative estimate of drug-likeness (QED) is 0.855. The number of anilines is 1. The molecule has 0 aliphatic rings. The van der Waals surface area contributed by atoms with E-state index in [1.807, 2.05) is 29.9 Å². The first kappa shape index (κ1) is 18.2. The summed E-state index contributed by atoms with van der Waals surface area (Å²) >= 11 is 0. The molecular formula is C19H28N4O. The second-order valence-corrected chi connectivity index (χ2v) is 6.57. The Morgan fingerprint density at radius 2 is 2.00 bits per heavy atom. The molecule has 24 heavy (non-hydrogen) atoms. The molecule has 1 aromatic carbocycles. The summed E-state index contributed by atoms with van der Waals surface area (Å²) in [5.41, 5.74) is 5.63. The van der Waals surface area contributed by atoms with Gasteiger partial charge in [0.05, 0.1) is 5.69 Å². The Balaban J connectivity index is 2.03. The Labute approximate surface area is 144 Å². The van der Waals surface area contributed by atoms with Crippen LogP contribution in [0.15, 0.2) is 24.3 Å². The normalized spacial score (nSPS) is 13.6. The van der Waals surface area contributed by atoms with E-state index in [2.05, 4.69) is 49.5 Å². The van der Waals surface area contributed by atoms with E-state index in [9.17, 15) is 4.79 Å². The maximum Gasteiger partial charge on any atom is 0.221 e. The molecule has 2 rings (SSSR count). The largest absolute Gasteiger partial charge is 0.326 e. The molecule has 0 fully saturated rings. The van der Waals surface area contributed by atoms with Gasteiger partial charge in [-0.15, -0.1) is 0 Å². The van der Waals surface area contributed by atoms with Crippen molar-refractivity contribution in [2.75, 3.05) is 5.32 Å². The summed E-state index contributed by atoms with van der Waals surface area (Å²) in [6, 6.07) is 8.50. The van der Waals surface area contributed by atoms with Crippen LogP contribution in [0.25, 0.3) is 0 Å². The number of hydrogen-bond donors (Lipinski definition) is 2. The van der Waals surface area contributed by atoms with E-state index in [0.29, 0.717) is 6.04 Å². The minimum Gasteiger partial charge on any atom is -0.326 e. The average molecular weight is 328 g/mol. The van der Waals surface area contributed by atoms with E-state index in [1.165, 1.54) is 18.2 Å². The first-order valence-corrected chi connectivity index (χ1v) is 8.40. The summed E-state index contributed by atoms with van der Waals surface area (Å²) in [6.07, 6.45) is 0.946. The Bertz CT molecular complexity index is 720. The summed E-state index contributed by atoms with van der Waals surface area (Å²) in [4.78, 5) is 11.2. The van der Waals surface area contributed by atoms with Gasteiger partial charge in [0.2, 0.25) is 5.91 Å². The van der Waals surface area contributed by atoms with Crippen LogP contribution in [0, 0.1) is 13.8 Å². The molecule has 0 bridgehead atoms. The molecule has 1 aromatic heterocycles. The van der Waals surface area contributed by atoms with Crippen molar-refractivity contribution in [1.82, 2.24) is 15.1 Å². The lowest BCUT2D eigenvalue weighted by Crippen LogP contribution is -2.31. The molecule has 0 radical (unpaired) electrons. The lowest BCUT2D eigenvalue weighted by atomic mass is 10.0. The SMILES string of the molecule is CC(=O)Nc1cccc([C@H](C)N[C@H](C)Cc2c(C)nn(C)c2C)c1. The molecule has 0 aliphatic carbocycles. The van der Waals surface area contributed by atoms with Gasteiger partial charge >= 0.3 is 0 Å². The minimum atomic E-state index is -0.0522. The van der Waals surface area contributed by atoms with Gasteiger partial charge in [-0.2, -0.15) is 5.10 Å². The number of nitrogens with one attached hydrogen (secondary N) is 2. The summed E-state index contributed by atoms with van der Waals surface area (Å²) in [6.45, 7) is 10.0. The van der Waals surface area contributed by atoms with E-state index >= 15 is 0 Å². The number of hydrogen-bond acceptors (Lipinski definition) is 3. The van der Waals surface area contributed by atoms with Crippen LogP contribution >= 0.6 is 0 Å². The molecule has 130 valence electrons. The van der Waals surface area contributed by atoms with Crippen molar-refractivity contribution in [1.29, 1.82) is 0 Å². The highest BCUT2D eigenvalue weighted by Crippen LogP contribution is 2.20. The predicted octanol–water partition coefficient (Wildman–Crippen LogP) is 3.28. The van der Waals surface area contributed by atoms with Crippen molar-refractivity contribution >= 4 is 11.6 Å². The van der Waals surface area contributed by atoms with Gasteiger partial charge in [0.1, 0.15) is 0 Å². The zero-order valence-electron chi connectivity index (χ0n) is 15.5. The van der Waals surface area contributed by atoms with Gasteiger partial charge in [-0.3, -0.25) is 9.48 Å². The van der Waals surface area contributed by atoms with Crippen molar-refractivity contribution in [3.63, 3.8) is 0 Å². The van der Waals surface area contributed by atoms with Gasteiger partial charge in [-0.1, -0.05) is 12.1 Å². The lowest BCUT2D eigenvalue weighted by molar-refractivity contribution is -0.114. The predicted molar refractivity (Wildman–Crippen MR) is 98.1 cm³/mol. The number of benzene rings is 1. The number of carbonyl (C=O) groups excluding carboxylic acids is 1. The third kappa shape index (κ3) is 4.45. The Morgan fingerprint density at radius 1 is 1.29 bits per heavy atom. The summed E-state index contributed by atoms with van der Waals surface area (Å²) in [5, 5.41) is 11.0. The monoisotopic (exact) mass is 328 g/mol. The molecule has 2 aromatic rings. The van der Waals surface area contributed by atoms with Crippen LogP contribution in [-0.2, 0) is 18.3 Å². The Morgan fingerprint density at radius 3 is 2.58 bits per heavy atom. The van der Waals surface area contributed by atoms with Crippen molar-refractivity contribution in [3.05, 3.63) is 46.8 Å². The van der Waals surface area contributed by atoms with Crippen LogP contribution in [0.1, 0.15) is 49.3 Å². The van der Waals surface area contributed by atoms with Gasteiger partial charge < -0.3 is 10.6 Å². The fourth-order valence-corrected chi connectivity index (χ4v) is 3.09. The maximum atomic E-state index is 11.2. The standard InChI is InChI=1S/C19H28N4O/c1-12(10-19-14(3)22-23(6)15(19)4)20-13(2)17-8-7-9-18(11-17)21-16(5)24/h7-9,11-13,20H,10H2,1-6H3,(H,21,24)/t12-,13+/m1/s1. The summed E-state index contributed by atoms with van der Waals surface area (Å²) in [5.74, 6) is -0.0522. The number of rotatable bonds is 6. The second-order valence-electron chi connectivity index (χ2n) is 6.57. The smallest absolute Gasteiger partial charge is 0.221 e. The van der Waals surface area contributed by atoms with Crippen LogP contribution in [0.3, 0.4) is 0 Å². The molecule has 2 atom stereocenters. The fourth-order valence-electron chi connectivity index (χ4n) is 3.09. The van der Waals surface area contributed by atoms with E-state index in [0.717, 1.165) is 23.4 Å². The summed E-state index contributed by atoms with van der Waals surface area (Å²) < 4.78 is 1.94. The fraction of sp³-hybridized carbons (Fsp3) is 0.474. The summed E-state index contributed by atoms with van der Waals surface area (Å²) in [7, 11) is 1.99. The van der Waals surface area contributed by atoms with Crippen LogP contribution in [0.5, 0.6) is 0 Å². The van der Waals surface area contributed by atoms with Gasteiger partial charge in [-0.25, -0.2) is 0 Å². The van der Waals surface area contributed by atoms with Crippen molar-refractivity contribution in [2.24, 2.45) is 7.05 Å². The molecule has 5 heteroatoms. The van der Waals surface area contributed by atoms with Gasteiger partial charge in [0.25, 0.3) is 0 Å². The zero-order valence-corrected chi connectivity index (χ0v) is 15.5.